The Hall–Kier alpha value is -1.76. The Morgan fingerprint density at radius 3 is 2.33 bits per heavy atom. The fourth-order valence-electron chi connectivity index (χ4n) is 2.36. The van der Waals surface area contributed by atoms with Gasteiger partial charge in [0, 0.05) is 24.2 Å². The number of nitrogens with one attached hydrogen (secondary N) is 1. The Bertz CT molecular complexity index is 913. The number of halogens is 2. The van der Waals surface area contributed by atoms with E-state index in [1.807, 2.05) is 0 Å². The first-order valence-electron chi connectivity index (χ1n) is 8.45. The molecule has 2 aromatic carbocycles. The number of nitrogens with zero attached hydrogens (tertiary/aromatic N) is 1. The molecule has 2 aromatic rings. The SMILES string of the molecule is CC(C)CCNC(=O)c1ccc(Cl)c(S(=O)(=O)N(C)c2ccc(Cl)cc2)c1. The van der Waals surface area contributed by atoms with Crippen LogP contribution in [0.5, 0.6) is 0 Å². The minimum absolute atomic E-state index is 0.0505. The highest BCUT2D eigenvalue weighted by atomic mass is 35.5. The van der Waals surface area contributed by atoms with Crippen LogP contribution in [-0.4, -0.2) is 27.9 Å². The maximum absolute atomic E-state index is 13.0. The van der Waals surface area contributed by atoms with Gasteiger partial charge in [0.1, 0.15) is 4.90 Å². The topological polar surface area (TPSA) is 66.5 Å². The van der Waals surface area contributed by atoms with Gasteiger partial charge in [0.15, 0.2) is 0 Å². The number of hydrogen-bond acceptors (Lipinski definition) is 3. The van der Waals surface area contributed by atoms with E-state index in [9.17, 15) is 13.2 Å². The number of amides is 1. The van der Waals surface area contributed by atoms with E-state index in [-0.39, 0.29) is 21.4 Å². The fourth-order valence-corrected chi connectivity index (χ4v) is 4.18. The highest BCUT2D eigenvalue weighted by Gasteiger charge is 2.25. The predicted molar refractivity (Wildman–Crippen MR) is 110 cm³/mol. The van der Waals surface area contributed by atoms with Gasteiger partial charge >= 0.3 is 0 Å². The summed E-state index contributed by atoms with van der Waals surface area (Å²) in [7, 11) is -2.53. The molecule has 0 aliphatic heterocycles. The minimum Gasteiger partial charge on any atom is -0.352 e. The lowest BCUT2D eigenvalue weighted by Crippen LogP contribution is -2.28. The van der Waals surface area contributed by atoms with Gasteiger partial charge in [-0.3, -0.25) is 9.10 Å². The van der Waals surface area contributed by atoms with E-state index in [1.54, 1.807) is 24.3 Å². The van der Waals surface area contributed by atoms with Gasteiger partial charge in [0.25, 0.3) is 15.9 Å². The van der Waals surface area contributed by atoms with Gasteiger partial charge in [-0.05, 0) is 54.8 Å². The summed E-state index contributed by atoms with van der Waals surface area (Å²) in [5.74, 6) is 0.123. The molecule has 0 atom stereocenters. The summed E-state index contributed by atoms with van der Waals surface area (Å²) in [6.07, 6.45) is 0.837. The number of sulfonamides is 1. The molecule has 146 valence electrons. The Morgan fingerprint density at radius 1 is 1.11 bits per heavy atom. The molecule has 0 unspecified atom stereocenters. The van der Waals surface area contributed by atoms with Gasteiger partial charge in [-0.1, -0.05) is 37.0 Å². The Morgan fingerprint density at radius 2 is 1.74 bits per heavy atom. The first kappa shape index (κ1) is 21.5. The van der Waals surface area contributed by atoms with Crippen LogP contribution < -0.4 is 9.62 Å². The average molecular weight is 429 g/mol. The van der Waals surface area contributed by atoms with Crippen molar-refractivity contribution in [3.8, 4) is 0 Å². The largest absolute Gasteiger partial charge is 0.352 e. The molecule has 1 amide bonds. The number of rotatable bonds is 7. The zero-order valence-corrected chi connectivity index (χ0v) is 17.7. The van der Waals surface area contributed by atoms with Crippen molar-refractivity contribution in [2.75, 3.05) is 17.9 Å². The zero-order valence-electron chi connectivity index (χ0n) is 15.4. The molecule has 8 heteroatoms. The van der Waals surface area contributed by atoms with E-state index >= 15 is 0 Å². The molecule has 0 fully saturated rings. The second-order valence-electron chi connectivity index (χ2n) is 6.53. The third-order valence-corrected chi connectivity index (χ3v) is 6.55. The lowest BCUT2D eigenvalue weighted by molar-refractivity contribution is 0.0952. The molecule has 0 spiro atoms. The molecule has 0 aliphatic rings. The van der Waals surface area contributed by atoms with E-state index in [4.69, 9.17) is 23.2 Å². The summed E-state index contributed by atoms with van der Waals surface area (Å²) in [6, 6.07) is 10.6. The summed E-state index contributed by atoms with van der Waals surface area (Å²) in [4.78, 5) is 12.2. The van der Waals surface area contributed by atoms with Crippen molar-refractivity contribution in [1.82, 2.24) is 5.32 Å². The summed E-state index contributed by atoms with van der Waals surface area (Å²) >= 11 is 12.0. The molecule has 0 heterocycles. The van der Waals surface area contributed by atoms with Gasteiger partial charge in [0.05, 0.1) is 10.7 Å². The third kappa shape index (κ3) is 5.37. The van der Waals surface area contributed by atoms with Crippen molar-refractivity contribution in [1.29, 1.82) is 0 Å². The Kier molecular flexibility index (Phi) is 7.14. The van der Waals surface area contributed by atoms with Crippen LogP contribution in [0.15, 0.2) is 47.4 Å². The molecule has 2 rings (SSSR count). The van der Waals surface area contributed by atoms with Crippen molar-refractivity contribution >= 4 is 44.8 Å². The highest BCUT2D eigenvalue weighted by molar-refractivity contribution is 7.93. The molecular formula is C19H22Cl2N2O3S. The molecule has 0 radical (unpaired) electrons. The summed E-state index contributed by atoms with van der Waals surface area (Å²) < 4.78 is 27.1. The molecule has 0 bridgehead atoms. The van der Waals surface area contributed by atoms with Crippen LogP contribution in [-0.2, 0) is 10.0 Å². The third-order valence-electron chi connectivity index (χ3n) is 4.03. The molecule has 5 nitrogen and oxygen atoms in total. The highest BCUT2D eigenvalue weighted by Crippen LogP contribution is 2.29. The Balaban J connectivity index is 2.30. The average Bonchev–Trinajstić information content (AvgIpc) is 2.61. The fraction of sp³-hybridized carbons (Fsp3) is 0.316. The van der Waals surface area contributed by atoms with Crippen molar-refractivity contribution in [2.24, 2.45) is 5.92 Å². The van der Waals surface area contributed by atoms with Gasteiger partial charge < -0.3 is 5.32 Å². The standard InChI is InChI=1S/C19H22Cl2N2O3S/c1-13(2)10-11-22-19(24)14-4-9-17(21)18(12-14)27(25,26)23(3)16-7-5-15(20)6-8-16/h4-9,12-13H,10-11H2,1-3H3,(H,22,24). The smallest absolute Gasteiger partial charge is 0.265 e. The molecule has 0 aromatic heterocycles. The van der Waals surface area contributed by atoms with Gasteiger partial charge in [-0.15, -0.1) is 0 Å². The number of carbonyl (C=O) groups is 1. The molecule has 0 saturated carbocycles. The van der Waals surface area contributed by atoms with E-state index in [1.165, 1.54) is 25.2 Å². The van der Waals surface area contributed by atoms with E-state index < -0.39 is 10.0 Å². The maximum atomic E-state index is 13.0. The van der Waals surface area contributed by atoms with Crippen LogP contribution in [0.2, 0.25) is 10.0 Å². The Labute approximate surface area is 170 Å². The van der Waals surface area contributed by atoms with E-state index in [0.29, 0.717) is 23.2 Å². The number of benzene rings is 2. The van der Waals surface area contributed by atoms with Crippen molar-refractivity contribution in [2.45, 2.75) is 25.2 Å². The zero-order chi connectivity index (χ0) is 20.2. The van der Waals surface area contributed by atoms with Crippen molar-refractivity contribution in [3.63, 3.8) is 0 Å². The quantitative estimate of drug-likeness (QED) is 0.700. The number of hydrogen-bond donors (Lipinski definition) is 1. The second kappa shape index (κ2) is 8.95. The monoisotopic (exact) mass is 428 g/mol. The molecule has 27 heavy (non-hydrogen) atoms. The molecule has 0 saturated heterocycles. The second-order valence-corrected chi connectivity index (χ2v) is 9.31. The van der Waals surface area contributed by atoms with Crippen LogP contribution in [0.3, 0.4) is 0 Å². The number of carbonyl (C=O) groups excluding carboxylic acids is 1. The molecule has 0 aliphatic carbocycles. The lowest BCUT2D eigenvalue weighted by atomic mass is 10.1. The number of anilines is 1. The van der Waals surface area contributed by atoms with Crippen molar-refractivity contribution in [3.05, 3.63) is 58.1 Å². The first-order chi connectivity index (χ1) is 12.6. The van der Waals surface area contributed by atoms with Gasteiger partial charge in [0.2, 0.25) is 0 Å². The maximum Gasteiger partial charge on any atom is 0.265 e. The minimum atomic E-state index is -3.95. The predicted octanol–water partition coefficient (Wildman–Crippen LogP) is 4.59. The van der Waals surface area contributed by atoms with Crippen LogP contribution in [0.25, 0.3) is 0 Å². The molecular weight excluding hydrogens is 407 g/mol. The normalized spacial score (nSPS) is 11.5. The van der Waals surface area contributed by atoms with Crippen LogP contribution in [0, 0.1) is 5.92 Å². The van der Waals surface area contributed by atoms with E-state index in [0.717, 1.165) is 10.7 Å². The molecule has 1 N–H and O–H groups in total. The first-order valence-corrected chi connectivity index (χ1v) is 10.6. The summed E-state index contributed by atoms with van der Waals surface area (Å²) in [6.45, 7) is 4.64. The van der Waals surface area contributed by atoms with Crippen molar-refractivity contribution < 1.29 is 13.2 Å². The van der Waals surface area contributed by atoms with E-state index in [2.05, 4.69) is 19.2 Å². The van der Waals surface area contributed by atoms with Crippen LogP contribution in [0.1, 0.15) is 30.6 Å². The summed E-state index contributed by atoms with van der Waals surface area (Å²) in [5, 5.41) is 3.34. The summed E-state index contributed by atoms with van der Waals surface area (Å²) in [5.41, 5.74) is 0.675. The lowest BCUT2D eigenvalue weighted by Gasteiger charge is -2.20. The van der Waals surface area contributed by atoms with Gasteiger partial charge in [-0.2, -0.15) is 0 Å². The van der Waals surface area contributed by atoms with Gasteiger partial charge in [-0.25, -0.2) is 8.42 Å². The van der Waals surface area contributed by atoms with Crippen LogP contribution in [0.4, 0.5) is 5.69 Å². The van der Waals surface area contributed by atoms with Crippen LogP contribution >= 0.6 is 23.2 Å².